The Hall–Kier alpha value is -0.860. The first kappa shape index (κ1) is 12.6. The molecule has 0 unspecified atom stereocenters. The van der Waals surface area contributed by atoms with E-state index in [1.54, 1.807) is 6.07 Å². The molecule has 0 atom stereocenters. The zero-order valence-electron chi connectivity index (χ0n) is 9.76. The number of hydrogen-bond acceptors (Lipinski definition) is 1. The van der Waals surface area contributed by atoms with Crippen molar-refractivity contribution in [3.05, 3.63) is 46.8 Å². The van der Waals surface area contributed by atoms with Crippen LogP contribution in [0.25, 0.3) is 0 Å². The largest absolute Gasteiger partial charge is 0.314 e. The van der Waals surface area contributed by atoms with E-state index in [-0.39, 0.29) is 10.8 Å². The lowest BCUT2D eigenvalue weighted by atomic mass is 10.1. The Morgan fingerprint density at radius 3 is 2.88 bits per heavy atom. The minimum atomic E-state index is -0.340. The number of rotatable bonds is 6. The van der Waals surface area contributed by atoms with Crippen molar-refractivity contribution in [2.24, 2.45) is 0 Å². The van der Waals surface area contributed by atoms with E-state index in [0.29, 0.717) is 0 Å². The number of allylic oxidation sites excluding steroid dienone is 1. The summed E-state index contributed by atoms with van der Waals surface area (Å²) in [4.78, 5) is 0. The van der Waals surface area contributed by atoms with Gasteiger partial charge in [0, 0.05) is 6.04 Å². The molecule has 0 spiro atoms. The summed E-state index contributed by atoms with van der Waals surface area (Å²) >= 11 is 5.62. The van der Waals surface area contributed by atoms with Crippen molar-refractivity contribution in [1.29, 1.82) is 0 Å². The average molecular weight is 254 g/mol. The predicted octanol–water partition coefficient (Wildman–Crippen LogP) is 3.72. The smallest absolute Gasteiger partial charge is 0.142 e. The molecule has 1 saturated carbocycles. The Bertz CT molecular complexity index is 399. The molecule has 92 valence electrons. The van der Waals surface area contributed by atoms with Gasteiger partial charge in [0.2, 0.25) is 0 Å². The van der Waals surface area contributed by atoms with Crippen molar-refractivity contribution in [2.45, 2.75) is 31.7 Å². The maximum absolute atomic E-state index is 13.1. The zero-order chi connectivity index (χ0) is 12.1. The maximum atomic E-state index is 13.1. The second-order valence-electron chi connectivity index (χ2n) is 4.44. The van der Waals surface area contributed by atoms with Gasteiger partial charge in [-0.05, 0) is 49.9 Å². The zero-order valence-corrected chi connectivity index (χ0v) is 10.5. The first-order valence-electron chi connectivity index (χ1n) is 6.08. The third kappa shape index (κ3) is 4.49. The first-order chi connectivity index (χ1) is 8.25. The van der Waals surface area contributed by atoms with E-state index < -0.39 is 0 Å². The maximum Gasteiger partial charge on any atom is 0.142 e. The van der Waals surface area contributed by atoms with E-state index in [2.05, 4.69) is 17.5 Å². The van der Waals surface area contributed by atoms with Gasteiger partial charge in [0.25, 0.3) is 0 Å². The first-order valence-corrected chi connectivity index (χ1v) is 6.46. The molecule has 3 heteroatoms. The quantitative estimate of drug-likeness (QED) is 0.602. The highest BCUT2D eigenvalue weighted by Gasteiger charge is 2.19. The molecule has 0 aliphatic heterocycles. The number of nitrogens with one attached hydrogen (secondary N) is 1. The summed E-state index contributed by atoms with van der Waals surface area (Å²) in [5, 5.41) is 3.63. The Morgan fingerprint density at radius 2 is 2.18 bits per heavy atom. The fraction of sp³-hybridized carbons (Fsp3) is 0.429. The van der Waals surface area contributed by atoms with Gasteiger partial charge in [-0.1, -0.05) is 29.8 Å². The van der Waals surface area contributed by atoms with Crippen LogP contribution >= 0.6 is 11.6 Å². The molecule has 0 radical (unpaired) electrons. The van der Waals surface area contributed by atoms with Gasteiger partial charge in [-0.2, -0.15) is 0 Å². The lowest BCUT2D eigenvalue weighted by Gasteiger charge is -1.99. The van der Waals surface area contributed by atoms with Gasteiger partial charge in [0.1, 0.15) is 5.82 Å². The molecule has 1 aliphatic rings. The molecule has 1 nitrogen and oxygen atoms in total. The van der Waals surface area contributed by atoms with Crippen LogP contribution in [-0.4, -0.2) is 12.6 Å². The molecule has 17 heavy (non-hydrogen) atoms. The molecule has 1 aromatic rings. The van der Waals surface area contributed by atoms with Crippen molar-refractivity contribution in [1.82, 2.24) is 5.32 Å². The summed E-state index contributed by atoms with van der Waals surface area (Å²) in [6.45, 7) is 1.04. The van der Waals surface area contributed by atoms with Gasteiger partial charge in [-0.15, -0.1) is 0 Å². The van der Waals surface area contributed by atoms with Gasteiger partial charge >= 0.3 is 0 Å². The standard InChI is InChI=1S/C14H17ClFN/c15-13-8-5-11(10-14(13)16)4-2-1-3-9-17-12-6-7-12/h1-2,5,8,10,12,17H,3-4,6-7,9H2/b2-1+. The van der Waals surface area contributed by atoms with Crippen LogP contribution in [0.1, 0.15) is 24.8 Å². The molecule has 1 fully saturated rings. The van der Waals surface area contributed by atoms with Crippen LogP contribution in [-0.2, 0) is 6.42 Å². The Labute approximate surface area is 107 Å². The fourth-order valence-electron chi connectivity index (χ4n) is 1.66. The van der Waals surface area contributed by atoms with Crippen LogP contribution in [0.2, 0.25) is 5.02 Å². The topological polar surface area (TPSA) is 12.0 Å². The monoisotopic (exact) mass is 253 g/mol. The molecule has 0 amide bonds. The molecule has 1 aromatic carbocycles. The van der Waals surface area contributed by atoms with E-state index >= 15 is 0 Å². The van der Waals surface area contributed by atoms with E-state index in [4.69, 9.17) is 11.6 Å². The highest BCUT2D eigenvalue weighted by molar-refractivity contribution is 6.30. The summed E-state index contributed by atoms with van der Waals surface area (Å²) in [6, 6.07) is 5.73. The van der Waals surface area contributed by atoms with Gasteiger partial charge < -0.3 is 5.32 Å². The van der Waals surface area contributed by atoms with Crippen LogP contribution in [0.4, 0.5) is 4.39 Å². The van der Waals surface area contributed by atoms with Crippen molar-refractivity contribution in [2.75, 3.05) is 6.54 Å². The molecule has 2 rings (SSSR count). The van der Waals surface area contributed by atoms with E-state index in [9.17, 15) is 4.39 Å². The summed E-state index contributed by atoms with van der Waals surface area (Å²) in [7, 11) is 0. The fourth-order valence-corrected chi connectivity index (χ4v) is 1.78. The van der Waals surface area contributed by atoms with Crippen molar-refractivity contribution >= 4 is 11.6 Å². The van der Waals surface area contributed by atoms with Gasteiger partial charge in [0.15, 0.2) is 0 Å². The Balaban J connectivity index is 1.68. The number of benzene rings is 1. The second-order valence-corrected chi connectivity index (χ2v) is 4.85. The molecular weight excluding hydrogens is 237 g/mol. The average Bonchev–Trinajstić information content (AvgIpc) is 3.12. The van der Waals surface area contributed by atoms with Crippen molar-refractivity contribution < 1.29 is 4.39 Å². The lowest BCUT2D eigenvalue weighted by Crippen LogP contribution is -2.16. The summed E-state index contributed by atoms with van der Waals surface area (Å²) in [6.07, 6.45) is 8.67. The van der Waals surface area contributed by atoms with E-state index in [1.165, 1.54) is 18.9 Å². The van der Waals surface area contributed by atoms with Crippen LogP contribution in [0.15, 0.2) is 30.4 Å². The van der Waals surface area contributed by atoms with Crippen LogP contribution in [0.5, 0.6) is 0 Å². The van der Waals surface area contributed by atoms with Gasteiger partial charge in [0.05, 0.1) is 5.02 Å². The minimum absolute atomic E-state index is 0.186. The second kappa shape index (κ2) is 6.18. The van der Waals surface area contributed by atoms with E-state index in [0.717, 1.165) is 31.0 Å². The normalized spacial score (nSPS) is 15.6. The summed E-state index contributed by atoms with van der Waals surface area (Å²) in [5.41, 5.74) is 0.957. The summed E-state index contributed by atoms with van der Waals surface area (Å²) < 4.78 is 13.1. The highest BCUT2D eigenvalue weighted by atomic mass is 35.5. The summed E-state index contributed by atoms with van der Waals surface area (Å²) in [5.74, 6) is -0.340. The highest BCUT2D eigenvalue weighted by Crippen LogP contribution is 2.18. The SMILES string of the molecule is Fc1cc(C/C=C/CCNC2CC2)ccc1Cl. The van der Waals surface area contributed by atoms with Crippen molar-refractivity contribution in [3.8, 4) is 0 Å². The third-order valence-corrected chi connectivity index (χ3v) is 3.13. The Kier molecular flexibility index (Phi) is 4.57. The van der Waals surface area contributed by atoms with Gasteiger partial charge in [-0.3, -0.25) is 0 Å². The molecule has 0 saturated heterocycles. The third-order valence-electron chi connectivity index (χ3n) is 2.83. The molecule has 1 aliphatic carbocycles. The lowest BCUT2D eigenvalue weighted by molar-refractivity contribution is 0.626. The molecular formula is C14H17ClFN. The predicted molar refractivity (Wildman–Crippen MR) is 69.9 cm³/mol. The molecule has 0 heterocycles. The minimum Gasteiger partial charge on any atom is -0.314 e. The molecule has 1 N–H and O–H groups in total. The van der Waals surface area contributed by atoms with Gasteiger partial charge in [-0.25, -0.2) is 4.39 Å². The molecule has 0 aromatic heterocycles. The van der Waals surface area contributed by atoms with Crippen LogP contribution in [0, 0.1) is 5.82 Å². The number of halogens is 2. The number of hydrogen-bond donors (Lipinski definition) is 1. The van der Waals surface area contributed by atoms with E-state index in [1.807, 2.05) is 6.07 Å². The Morgan fingerprint density at radius 1 is 1.35 bits per heavy atom. The van der Waals surface area contributed by atoms with Crippen LogP contribution < -0.4 is 5.32 Å². The van der Waals surface area contributed by atoms with Crippen LogP contribution in [0.3, 0.4) is 0 Å². The molecule has 0 bridgehead atoms. The van der Waals surface area contributed by atoms with Crippen molar-refractivity contribution in [3.63, 3.8) is 0 Å².